The summed E-state index contributed by atoms with van der Waals surface area (Å²) in [5, 5.41) is 9.32. The number of aliphatic hydroxyl groups excluding tert-OH is 1. The highest BCUT2D eigenvalue weighted by Crippen LogP contribution is 2.25. The van der Waals surface area contributed by atoms with Gasteiger partial charge < -0.3 is 14.4 Å². The fourth-order valence-electron chi connectivity index (χ4n) is 2.54. The molecule has 0 aliphatic rings. The molecule has 0 radical (unpaired) electrons. The zero-order chi connectivity index (χ0) is 17.6. The van der Waals surface area contributed by atoms with Crippen LogP contribution in [0.3, 0.4) is 0 Å². The first kappa shape index (κ1) is 16.9. The normalized spacial score (nSPS) is 10.6. The Morgan fingerprint density at radius 3 is 2.72 bits per heavy atom. The molecule has 2 heterocycles. The Morgan fingerprint density at radius 2 is 2.04 bits per heavy atom. The monoisotopic (exact) mass is 337 g/mol. The van der Waals surface area contributed by atoms with Gasteiger partial charge in [-0.3, -0.25) is 9.78 Å². The average Bonchev–Trinajstić information content (AvgIpc) is 3.12. The lowest BCUT2D eigenvalue weighted by Gasteiger charge is -2.21. The second-order valence-corrected chi connectivity index (χ2v) is 5.71. The number of oxazole rings is 1. The molecule has 0 aliphatic carbocycles. The van der Waals surface area contributed by atoms with Gasteiger partial charge in [0.1, 0.15) is 0 Å². The fraction of sp³-hybridized carbons (Fsp3) is 0.211. The molecule has 2 aromatic heterocycles. The second kappa shape index (κ2) is 7.72. The zero-order valence-corrected chi connectivity index (χ0v) is 13.9. The fourth-order valence-corrected chi connectivity index (χ4v) is 2.54. The Labute approximate surface area is 145 Å². The zero-order valence-electron chi connectivity index (χ0n) is 13.9. The highest BCUT2D eigenvalue weighted by atomic mass is 16.3. The minimum Gasteiger partial charge on any atom is -0.443 e. The number of amides is 1. The molecule has 0 spiro atoms. The molecular weight excluding hydrogens is 318 g/mol. The van der Waals surface area contributed by atoms with Crippen molar-refractivity contribution in [3.63, 3.8) is 0 Å². The minimum absolute atomic E-state index is 0.135. The number of rotatable bonds is 6. The van der Waals surface area contributed by atoms with E-state index in [0.29, 0.717) is 12.3 Å². The number of aromatic nitrogens is 2. The van der Waals surface area contributed by atoms with Crippen molar-refractivity contribution in [1.82, 2.24) is 14.9 Å². The van der Waals surface area contributed by atoms with Crippen molar-refractivity contribution >= 4 is 5.91 Å². The predicted octanol–water partition coefficient (Wildman–Crippen LogP) is 2.68. The van der Waals surface area contributed by atoms with E-state index in [2.05, 4.69) is 9.97 Å². The summed E-state index contributed by atoms with van der Waals surface area (Å²) in [5.41, 5.74) is 3.03. The molecule has 1 N–H and O–H groups in total. The molecule has 0 saturated carbocycles. The first-order valence-corrected chi connectivity index (χ1v) is 7.98. The number of aryl methyl sites for hydroxylation is 1. The molecule has 25 heavy (non-hydrogen) atoms. The molecule has 1 aromatic carbocycles. The van der Waals surface area contributed by atoms with Crippen molar-refractivity contribution in [2.45, 2.75) is 13.5 Å². The van der Waals surface area contributed by atoms with Crippen LogP contribution in [0.25, 0.3) is 11.3 Å². The Balaban J connectivity index is 1.88. The van der Waals surface area contributed by atoms with E-state index < -0.39 is 0 Å². The third-order valence-electron chi connectivity index (χ3n) is 3.84. The summed E-state index contributed by atoms with van der Waals surface area (Å²) >= 11 is 0. The lowest BCUT2D eigenvalue weighted by Crippen LogP contribution is -2.33. The van der Waals surface area contributed by atoms with Crippen LogP contribution in [0, 0.1) is 6.92 Å². The summed E-state index contributed by atoms with van der Waals surface area (Å²) < 4.78 is 5.46. The van der Waals surface area contributed by atoms with Crippen molar-refractivity contribution in [3.8, 4) is 11.3 Å². The summed E-state index contributed by atoms with van der Waals surface area (Å²) in [6, 6.07) is 11.4. The van der Waals surface area contributed by atoms with Gasteiger partial charge in [0.15, 0.2) is 17.8 Å². The lowest BCUT2D eigenvalue weighted by molar-refractivity contribution is 0.0702. The van der Waals surface area contributed by atoms with Crippen molar-refractivity contribution in [2.75, 3.05) is 13.2 Å². The molecule has 1 amide bonds. The van der Waals surface area contributed by atoms with E-state index in [1.807, 2.05) is 43.3 Å². The van der Waals surface area contributed by atoms with Crippen molar-refractivity contribution in [1.29, 1.82) is 0 Å². The molecule has 128 valence electrons. The van der Waals surface area contributed by atoms with E-state index in [-0.39, 0.29) is 24.8 Å². The average molecular weight is 337 g/mol. The van der Waals surface area contributed by atoms with Crippen molar-refractivity contribution < 1.29 is 14.3 Å². The lowest BCUT2D eigenvalue weighted by atomic mass is 10.1. The van der Waals surface area contributed by atoms with Crippen LogP contribution in [-0.2, 0) is 6.54 Å². The number of carbonyl (C=O) groups is 1. The summed E-state index contributed by atoms with van der Waals surface area (Å²) in [5.74, 6) is 0.140. The van der Waals surface area contributed by atoms with Gasteiger partial charge in [0, 0.05) is 31.0 Å². The summed E-state index contributed by atoms with van der Waals surface area (Å²) in [6.07, 6.45) is 4.64. The van der Waals surface area contributed by atoms with E-state index in [4.69, 9.17) is 4.42 Å². The SMILES string of the molecule is Cc1ccc(-c2ocnc2C(=O)N(CCO)Cc2cccnc2)cc1. The summed E-state index contributed by atoms with van der Waals surface area (Å²) in [6.45, 7) is 2.40. The van der Waals surface area contributed by atoms with Gasteiger partial charge in [-0.1, -0.05) is 35.9 Å². The van der Waals surface area contributed by atoms with Gasteiger partial charge in [0.2, 0.25) is 0 Å². The molecule has 6 heteroatoms. The van der Waals surface area contributed by atoms with Crippen LogP contribution in [0.2, 0.25) is 0 Å². The first-order chi connectivity index (χ1) is 12.2. The van der Waals surface area contributed by atoms with Gasteiger partial charge in [-0.05, 0) is 18.6 Å². The highest BCUT2D eigenvalue weighted by Gasteiger charge is 2.23. The number of benzene rings is 1. The van der Waals surface area contributed by atoms with Crippen molar-refractivity contribution in [2.24, 2.45) is 0 Å². The van der Waals surface area contributed by atoms with E-state index in [1.54, 1.807) is 12.4 Å². The van der Waals surface area contributed by atoms with Crippen LogP contribution in [0.1, 0.15) is 21.6 Å². The molecular formula is C19H19N3O3. The molecule has 0 bridgehead atoms. The van der Waals surface area contributed by atoms with E-state index in [1.165, 1.54) is 11.3 Å². The number of hydrogen-bond acceptors (Lipinski definition) is 5. The van der Waals surface area contributed by atoms with Crippen LogP contribution in [0.15, 0.2) is 59.6 Å². The molecule has 0 fully saturated rings. The summed E-state index contributed by atoms with van der Waals surface area (Å²) in [7, 11) is 0. The molecule has 0 atom stereocenters. The van der Waals surface area contributed by atoms with Gasteiger partial charge in [0.25, 0.3) is 5.91 Å². The molecule has 0 aliphatic heterocycles. The van der Waals surface area contributed by atoms with Gasteiger partial charge in [-0.25, -0.2) is 4.98 Å². The van der Waals surface area contributed by atoms with Gasteiger partial charge in [0.05, 0.1) is 6.61 Å². The van der Waals surface area contributed by atoms with Crippen LogP contribution in [0.5, 0.6) is 0 Å². The Bertz CT molecular complexity index is 829. The Morgan fingerprint density at radius 1 is 1.24 bits per heavy atom. The largest absolute Gasteiger partial charge is 0.443 e. The smallest absolute Gasteiger partial charge is 0.276 e. The molecule has 3 aromatic rings. The molecule has 6 nitrogen and oxygen atoms in total. The number of hydrogen-bond donors (Lipinski definition) is 1. The van der Waals surface area contributed by atoms with Crippen LogP contribution < -0.4 is 0 Å². The number of pyridine rings is 1. The summed E-state index contributed by atoms with van der Waals surface area (Å²) in [4.78, 5) is 22.6. The standard InChI is InChI=1S/C19H19N3O3/c1-14-4-6-16(7-5-14)18-17(21-13-25-18)19(24)22(9-10-23)12-15-3-2-8-20-11-15/h2-8,11,13,23H,9-10,12H2,1H3. The van der Waals surface area contributed by atoms with Crippen molar-refractivity contribution in [3.05, 3.63) is 72.0 Å². The van der Waals surface area contributed by atoms with Crippen LogP contribution in [0.4, 0.5) is 0 Å². The van der Waals surface area contributed by atoms with Gasteiger partial charge in [-0.2, -0.15) is 0 Å². The van der Waals surface area contributed by atoms with Crippen LogP contribution in [-0.4, -0.2) is 39.0 Å². The minimum atomic E-state index is -0.290. The number of aliphatic hydroxyl groups is 1. The van der Waals surface area contributed by atoms with E-state index in [9.17, 15) is 9.90 Å². The topological polar surface area (TPSA) is 79.5 Å². The van der Waals surface area contributed by atoms with Gasteiger partial charge in [-0.15, -0.1) is 0 Å². The molecule has 0 unspecified atom stereocenters. The number of nitrogens with zero attached hydrogens (tertiary/aromatic N) is 3. The quantitative estimate of drug-likeness (QED) is 0.748. The molecule has 3 rings (SSSR count). The Kier molecular flexibility index (Phi) is 5.20. The maximum atomic E-state index is 12.9. The predicted molar refractivity (Wildman–Crippen MR) is 92.7 cm³/mol. The van der Waals surface area contributed by atoms with Crippen LogP contribution >= 0.6 is 0 Å². The third-order valence-corrected chi connectivity index (χ3v) is 3.84. The maximum absolute atomic E-state index is 12.9. The molecule has 0 saturated heterocycles. The number of carbonyl (C=O) groups excluding carboxylic acids is 1. The Hall–Kier alpha value is -2.99. The third kappa shape index (κ3) is 3.92. The van der Waals surface area contributed by atoms with E-state index >= 15 is 0 Å². The van der Waals surface area contributed by atoms with Gasteiger partial charge >= 0.3 is 0 Å². The highest BCUT2D eigenvalue weighted by molar-refractivity contribution is 5.97. The second-order valence-electron chi connectivity index (χ2n) is 5.71. The maximum Gasteiger partial charge on any atom is 0.276 e. The first-order valence-electron chi connectivity index (χ1n) is 7.98. The van der Waals surface area contributed by atoms with E-state index in [0.717, 1.165) is 16.7 Å².